The Morgan fingerprint density at radius 1 is 1.14 bits per heavy atom. The maximum absolute atomic E-state index is 12.8. The molecule has 0 aromatic rings. The van der Waals surface area contributed by atoms with Gasteiger partial charge in [-0.15, -0.1) is 0 Å². The summed E-state index contributed by atoms with van der Waals surface area (Å²) in [5.41, 5.74) is 0. The summed E-state index contributed by atoms with van der Waals surface area (Å²) in [6, 6.07) is -1.04. The Balaban J connectivity index is 1.73. The predicted octanol–water partition coefficient (Wildman–Crippen LogP) is 1.15. The third-order valence-electron chi connectivity index (χ3n) is 5.86. The molecule has 2 saturated carbocycles. The van der Waals surface area contributed by atoms with Crippen LogP contribution in [0.25, 0.3) is 0 Å². The summed E-state index contributed by atoms with van der Waals surface area (Å²) in [6.45, 7) is 3.48. The second-order valence-corrected chi connectivity index (χ2v) is 7.23. The number of likely N-dealkylation sites (tertiary alicyclic amines) is 1. The molecule has 5 heteroatoms. The highest BCUT2D eigenvalue weighted by atomic mass is 16.4. The maximum Gasteiger partial charge on any atom is 0.327 e. The summed E-state index contributed by atoms with van der Waals surface area (Å²) in [4.78, 5) is 38.1. The van der Waals surface area contributed by atoms with Crippen molar-refractivity contribution in [1.82, 2.24) is 4.90 Å². The highest BCUT2D eigenvalue weighted by Crippen LogP contribution is 2.65. The van der Waals surface area contributed by atoms with Crippen molar-refractivity contribution in [3.8, 4) is 0 Å². The van der Waals surface area contributed by atoms with Crippen LogP contribution in [0.4, 0.5) is 0 Å². The Labute approximate surface area is 123 Å². The van der Waals surface area contributed by atoms with Crippen LogP contribution in [0, 0.1) is 41.4 Å². The molecule has 2 amide bonds. The van der Waals surface area contributed by atoms with Gasteiger partial charge in [0.2, 0.25) is 11.8 Å². The van der Waals surface area contributed by atoms with Crippen LogP contribution in [0.3, 0.4) is 0 Å². The fraction of sp³-hybridized carbons (Fsp3) is 0.688. The minimum absolute atomic E-state index is 0.146. The van der Waals surface area contributed by atoms with Crippen LogP contribution in [0.2, 0.25) is 0 Å². The molecule has 112 valence electrons. The zero-order valence-electron chi connectivity index (χ0n) is 12.1. The van der Waals surface area contributed by atoms with E-state index in [2.05, 4.69) is 12.2 Å². The molecule has 3 fully saturated rings. The first-order valence-corrected chi connectivity index (χ1v) is 7.71. The zero-order chi connectivity index (χ0) is 15.0. The van der Waals surface area contributed by atoms with Gasteiger partial charge in [-0.25, -0.2) is 4.79 Å². The normalized spacial score (nSPS) is 44.0. The van der Waals surface area contributed by atoms with Gasteiger partial charge >= 0.3 is 5.97 Å². The van der Waals surface area contributed by atoms with E-state index in [0.717, 1.165) is 11.3 Å². The average molecular weight is 289 g/mol. The van der Waals surface area contributed by atoms with E-state index >= 15 is 0 Å². The van der Waals surface area contributed by atoms with Crippen LogP contribution in [0.15, 0.2) is 12.2 Å². The van der Waals surface area contributed by atoms with Gasteiger partial charge in [-0.2, -0.15) is 0 Å². The summed E-state index contributed by atoms with van der Waals surface area (Å²) < 4.78 is 0. The lowest BCUT2D eigenvalue weighted by Crippen LogP contribution is -2.48. The van der Waals surface area contributed by atoms with Gasteiger partial charge in [0.05, 0.1) is 11.8 Å². The maximum atomic E-state index is 12.8. The number of nitrogens with zero attached hydrogens (tertiary/aromatic N) is 1. The van der Waals surface area contributed by atoms with Crippen LogP contribution in [-0.2, 0) is 14.4 Å². The molecule has 0 unspecified atom stereocenters. The molecule has 0 spiro atoms. The second-order valence-electron chi connectivity index (χ2n) is 7.23. The van der Waals surface area contributed by atoms with Gasteiger partial charge in [-0.3, -0.25) is 14.5 Å². The predicted molar refractivity (Wildman–Crippen MR) is 72.8 cm³/mol. The van der Waals surface area contributed by atoms with E-state index in [4.69, 9.17) is 0 Å². The monoisotopic (exact) mass is 289 g/mol. The molecule has 5 nitrogen and oxygen atoms in total. The largest absolute Gasteiger partial charge is 0.480 e. The van der Waals surface area contributed by atoms with Gasteiger partial charge in [-0.1, -0.05) is 26.0 Å². The van der Waals surface area contributed by atoms with Crippen LogP contribution in [-0.4, -0.2) is 33.8 Å². The molecule has 0 aromatic carbocycles. The van der Waals surface area contributed by atoms with Gasteiger partial charge in [0, 0.05) is 0 Å². The third kappa shape index (κ3) is 1.49. The molecule has 1 N–H and O–H groups in total. The number of aliphatic carboxylic acids is 1. The summed E-state index contributed by atoms with van der Waals surface area (Å²) >= 11 is 0. The molecule has 7 atom stereocenters. The molecule has 1 heterocycles. The Morgan fingerprint density at radius 2 is 1.62 bits per heavy atom. The van der Waals surface area contributed by atoms with Crippen LogP contribution in [0.5, 0.6) is 0 Å². The van der Waals surface area contributed by atoms with Gasteiger partial charge < -0.3 is 5.11 Å². The SMILES string of the molecule is CC(C)[C@@H](C(=O)O)N1C(=O)[C@@H]2[C@@H]3C=C[C@H]([C@@H]4C[C@@H]34)[C@@H]2C1=O. The van der Waals surface area contributed by atoms with Gasteiger partial charge in [0.25, 0.3) is 0 Å². The lowest BCUT2D eigenvalue weighted by Gasteiger charge is -2.37. The zero-order valence-corrected chi connectivity index (χ0v) is 12.1. The summed E-state index contributed by atoms with van der Waals surface area (Å²) in [7, 11) is 0. The minimum atomic E-state index is -1.09. The molecule has 0 aromatic heterocycles. The van der Waals surface area contributed by atoms with E-state index in [1.54, 1.807) is 13.8 Å². The molecule has 1 aliphatic heterocycles. The van der Waals surface area contributed by atoms with Crippen LogP contribution >= 0.6 is 0 Å². The van der Waals surface area contributed by atoms with E-state index in [9.17, 15) is 19.5 Å². The Bertz CT molecular complexity index is 545. The Hall–Kier alpha value is -1.65. The van der Waals surface area contributed by atoms with Crippen molar-refractivity contribution in [2.75, 3.05) is 0 Å². The van der Waals surface area contributed by atoms with Crippen molar-refractivity contribution in [2.24, 2.45) is 41.4 Å². The summed E-state index contributed by atoms with van der Waals surface area (Å²) in [5.74, 6) is -1.12. The molecule has 4 aliphatic carbocycles. The first-order chi connectivity index (χ1) is 9.93. The molecule has 2 bridgehead atoms. The van der Waals surface area contributed by atoms with Crippen LogP contribution in [0.1, 0.15) is 20.3 Å². The van der Waals surface area contributed by atoms with Crippen LogP contribution < -0.4 is 0 Å². The lowest BCUT2D eigenvalue weighted by atomic mass is 9.63. The highest BCUT2D eigenvalue weighted by molar-refractivity contribution is 6.08. The molecule has 5 rings (SSSR count). The lowest BCUT2D eigenvalue weighted by molar-refractivity contribution is -0.157. The van der Waals surface area contributed by atoms with E-state index in [1.165, 1.54) is 0 Å². The molecule has 5 aliphatic rings. The first-order valence-electron chi connectivity index (χ1n) is 7.71. The summed E-state index contributed by atoms with van der Waals surface area (Å²) in [6.07, 6.45) is 5.31. The molecule has 1 saturated heterocycles. The fourth-order valence-electron chi connectivity index (χ4n) is 4.95. The smallest absolute Gasteiger partial charge is 0.327 e. The van der Waals surface area contributed by atoms with Crippen molar-refractivity contribution < 1.29 is 19.5 Å². The number of carbonyl (C=O) groups excluding carboxylic acids is 2. The van der Waals surface area contributed by atoms with E-state index < -0.39 is 12.0 Å². The fourth-order valence-corrected chi connectivity index (χ4v) is 4.95. The van der Waals surface area contributed by atoms with Gasteiger partial charge in [-0.05, 0) is 36.0 Å². The molecular formula is C16H19NO4. The highest BCUT2D eigenvalue weighted by Gasteiger charge is 2.68. The Morgan fingerprint density at radius 3 is 2.00 bits per heavy atom. The number of imide groups is 1. The van der Waals surface area contributed by atoms with E-state index in [0.29, 0.717) is 11.8 Å². The average Bonchev–Trinajstić information content (AvgIpc) is 3.19. The number of allylic oxidation sites excluding steroid dienone is 2. The van der Waals surface area contributed by atoms with E-state index in [-0.39, 0.29) is 41.4 Å². The van der Waals surface area contributed by atoms with Crippen molar-refractivity contribution in [2.45, 2.75) is 26.3 Å². The summed E-state index contributed by atoms with van der Waals surface area (Å²) in [5, 5.41) is 9.42. The van der Waals surface area contributed by atoms with Crippen molar-refractivity contribution in [3.63, 3.8) is 0 Å². The van der Waals surface area contributed by atoms with Crippen molar-refractivity contribution in [3.05, 3.63) is 12.2 Å². The number of hydrogen-bond acceptors (Lipinski definition) is 3. The second kappa shape index (κ2) is 3.96. The third-order valence-corrected chi connectivity index (χ3v) is 5.86. The standard InChI is InChI=1S/C16H19NO4/c1-6(2)13(16(20)21)17-14(18)11-7-3-4-8(10-5-9(7)10)12(11)15(17)19/h3-4,6-13H,5H2,1-2H3,(H,20,21)/t7-,8-,9+,10+,11-,12+,13+/m1/s1. The van der Waals surface area contributed by atoms with Gasteiger partial charge in [0.15, 0.2) is 0 Å². The molecular weight excluding hydrogens is 270 g/mol. The number of carboxylic acids is 1. The number of hydrogen-bond donors (Lipinski definition) is 1. The molecule has 0 radical (unpaired) electrons. The van der Waals surface area contributed by atoms with Gasteiger partial charge in [0.1, 0.15) is 6.04 Å². The number of amides is 2. The quantitative estimate of drug-likeness (QED) is 0.624. The van der Waals surface area contributed by atoms with Crippen molar-refractivity contribution in [1.29, 1.82) is 0 Å². The topological polar surface area (TPSA) is 74.7 Å². The number of carboxylic acid groups (broad SMARTS) is 1. The number of carbonyl (C=O) groups is 3. The molecule has 21 heavy (non-hydrogen) atoms. The minimum Gasteiger partial charge on any atom is -0.480 e. The Kier molecular flexibility index (Phi) is 2.46. The van der Waals surface area contributed by atoms with E-state index in [1.807, 2.05) is 0 Å². The number of rotatable bonds is 3. The first kappa shape index (κ1) is 13.0. The van der Waals surface area contributed by atoms with Crippen molar-refractivity contribution >= 4 is 17.8 Å².